The zero-order chi connectivity index (χ0) is 56.4. The SMILES string of the molecule is CC/C=C\C/C=C\C/C=C\C/C=C\CCCCCCCCCCCCCCCCCCCCC(=O)OCC(COC(=O)CCCCCCC/C=C\C/C=C\CCCC)OC(=O)CCCCCCC/C=C\C/C=C\CCCCC. The molecule has 0 aliphatic rings. The lowest BCUT2D eigenvalue weighted by Crippen LogP contribution is -2.30. The lowest BCUT2D eigenvalue weighted by Gasteiger charge is -2.18. The molecule has 0 radical (unpaired) electrons. The van der Waals surface area contributed by atoms with E-state index in [1.807, 2.05) is 0 Å². The Kier molecular flexibility index (Phi) is 62.7. The second kappa shape index (κ2) is 65.8. The summed E-state index contributed by atoms with van der Waals surface area (Å²) in [4.78, 5) is 38.3. The number of esters is 3. The second-order valence-corrected chi connectivity index (χ2v) is 22.0. The number of carbonyl (C=O) groups is 3. The highest BCUT2D eigenvalue weighted by Gasteiger charge is 2.19. The molecule has 6 heteroatoms. The minimum absolute atomic E-state index is 0.0851. The van der Waals surface area contributed by atoms with Crippen LogP contribution in [0, 0.1) is 0 Å². The minimum Gasteiger partial charge on any atom is -0.462 e. The molecule has 0 heterocycles. The summed E-state index contributed by atoms with van der Waals surface area (Å²) >= 11 is 0. The topological polar surface area (TPSA) is 78.9 Å². The standard InChI is InChI=1S/C72H124O6/c1-4-7-10-13-16-19-22-25-28-29-30-31-32-33-34-35-36-37-38-39-40-41-42-43-45-47-50-53-56-59-62-65-71(74)77-68-69(67-76-70(73)64-61-58-55-52-49-46-27-24-21-18-15-12-9-6-3)78-72(75)66-63-60-57-54-51-48-44-26-23-20-17-14-11-8-5-2/h7,10,15-20,24-28,30-31,44,69H,4-6,8-9,11-14,21-23,29,32-43,45-68H2,1-3H3/b10-7-,18-15-,19-16-,20-17-,27-24-,28-25-,31-30-,44-26-. The van der Waals surface area contributed by atoms with Crippen LogP contribution in [0.4, 0.5) is 0 Å². The molecule has 1 unspecified atom stereocenters. The average Bonchev–Trinajstić information content (AvgIpc) is 3.44. The van der Waals surface area contributed by atoms with Gasteiger partial charge in [-0.15, -0.1) is 0 Å². The van der Waals surface area contributed by atoms with Crippen molar-refractivity contribution < 1.29 is 28.6 Å². The summed E-state index contributed by atoms with van der Waals surface area (Å²) in [5.41, 5.74) is 0. The number of hydrogen-bond acceptors (Lipinski definition) is 6. The van der Waals surface area contributed by atoms with Gasteiger partial charge in [-0.3, -0.25) is 14.4 Å². The van der Waals surface area contributed by atoms with Gasteiger partial charge in [0.2, 0.25) is 0 Å². The molecule has 0 aromatic rings. The molecule has 0 amide bonds. The van der Waals surface area contributed by atoms with E-state index in [1.54, 1.807) is 0 Å². The molecule has 0 rings (SSSR count). The first-order chi connectivity index (χ1) is 38.5. The molecule has 0 N–H and O–H groups in total. The summed E-state index contributed by atoms with van der Waals surface area (Å²) in [7, 11) is 0. The normalized spacial score (nSPS) is 12.7. The van der Waals surface area contributed by atoms with Crippen LogP contribution in [0.25, 0.3) is 0 Å². The Bertz CT molecular complexity index is 1530. The fourth-order valence-corrected chi connectivity index (χ4v) is 9.31. The fraction of sp³-hybridized carbons (Fsp3) is 0.736. The van der Waals surface area contributed by atoms with E-state index in [4.69, 9.17) is 14.2 Å². The van der Waals surface area contributed by atoms with Crippen LogP contribution in [-0.4, -0.2) is 37.2 Å². The van der Waals surface area contributed by atoms with Gasteiger partial charge in [-0.1, -0.05) is 285 Å². The van der Waals surface area contributed by atoms with Crippen molar-refractivity contribution >= 4 is 17.9 Å². The number of carbonyl (C=O) groups excluding carboxylic acids is 3. The van der Waals surface area contributed by atoms with Crippen LogP contribution in [-0.2, 0) is 28.6 Å². The van der Waals surface area contributed by atoms with Crippen molar-refractivity contribution in [3.05, 3.63) is 97.2 Å². The first kappa shape index (κ1) is 74.3. The summed E-state index contributed by atoms with van der Waals surface area (Å²) in [5.74, 6) is -0.902. The van der Waals surface area contributed by atoms with Gasteiger partial charge in [0.1, 0.15) is 13.2 Å². The van der Waals surface area contributed by atoms with Crippen molar-refractivity contribution in [1.82, 2.24) is 0 Å². The van der Waals surface area contributed by atoms with Crippen molar-refractivity contribution in [2.75, 3.05) is 13.2 Å². The third-order valence-electron chi connectivity index (χ3n) is 14.3. The molecule has 1 atom stereocenters. The largest absolute Gasteiger partial charge is 0.462 e. The Balaban J connectivity index is 4.20. The minimum atomic E-state index is -0.790. The number of ether oxygens (including phenoxy) is 3. The molecule has 0 bridgehead atoms. The molecule has 0 saturated heterocycles. The third-order valence-corrected chi connectivity index (χ3v) is 14.3. The van der Waals surface area contributed by atoms with Gasteiger partial charge >= 0.3 is 17.9 Å². The fourth-order valence-electron chi connectivity index (χ4n) is 9.31. The van der Waals surface area contributed by atoms with Crippen molar-refractivity contribution in [2.24, 2.45) is 0 Å². The van der Waals surface area contributed by atoms with E-state index in [0.29, 0.717) is 19.3 Å². The van der Waals surface area contributed by atoms with Gasteiger partial charge in [-0.2, -0.15) is 0 Å². The van der Waals surface area contributed by atoms with E-state index in [0.717, 1.165) is 128 Å². The number of hydrogen-bond donors (Lipinski definition) is 0. The summed E-state index contributed by atoms with van der Waals surface area (Å²) in [6.45, 7) is 6.46. The molecule has 448 valence electrons. The quantitative estimate of drug-likeness (QED) is 0.0261. The molecule has 6 nitrogen and oxygen atoms in total. The number of unbranched alkanes of at least 4 members (excludes halogenated alkanes) is 33. The van der Waals surface area contributed by atoms with Gasteiger partial charge in [0.05, 0.1) is 0 Å². The zero-order valence-electron chi connectivity index (χ0n) is 51.4. The van der Waals surface area contributed by atoms with E-state index in [9.17, 15) is 14.4 Å². The molecule has 0 spiro atoms. The summed E-state index contributed by atoms with van der Waals surface area (Å²) in [5, 5.41) is 0. The van der Waals surface area contributed by atoms with Crippen LogP contribution >= 0.6 is 0 Å². The maximum absolute atomic E-state index is 12.9. The van der Waals surface area contributed by atoms with E-state index >= 15 is 0 Å². The van der Waals surface area contributed by atoms with Gasteiger partial charge in [0, 0.05) is 19.3 Å². The summed E-state index contributed by atoms with van der Waals surface area (Å²) in [6, 6.07) is 0. The van der Waals surface area contributed by atoms with Crippen molar-refractivity contribution in [1.29, 1.82) is 0 Å². The molecule has 0 aliphatic carbocycles. The highest BCUT2D eigenvalue weighted by atomic mass is 16.6. The number of allylic oxidation sites excluding steroid dienone is 16. The molecule has 78 heavy (non-hydrogen) atoms. The van der Waals surface area contributed by atoms with Gasteiger partial charge in [-0.05, 0) is 116 Å². The van der Waals surface area contributed by atoms with Crippen molar-refractivity contribution in [2.45, 2.75) is 329 Å². The van der Waals surface area contributed by atoms with Crippen LogP contribution in [0.3, 0.4) is 0 Å². The molecule has 0 fully saturated rings. The molecular weight excluding hydrogens is 961 g/mol. The van der Waals surface area contributed by atoms with Crippen LogP contribution in [0.15, 0.2) is 97.2 Å². The van der Waals surface area contributed by atoms with E-state index in [-0.39, 0.29) is 31.1 Å². The lowest BCUT2D eigenvalue weighted by molar-refractivity contribution is -0.167. The Morgan fingerprint density at radius 3 is 0.821 bits per heavy atom. The molecule has 0 aromatic carbocycles. The van der Waals surface area contributed by atoms with Crippen molar-refractivity contribution in [3.8, 4) is 0 Å². The maximum atomic E-state index is 12.9. The highest BCUT2D eigenvalue weighted by molar-refractivity contribution is 5.71. The molecular formula is C72H124O6. The van der Waals surface area contributed by atoms with Gasteiger partial charge < -0.3 is 14.2 Å². The Hall–Kier alpha value is -3.67. The predicted molar refractivity (Wildman–Crippen MR) is 339 cm³/mol. The van der Waals surface area contributed by atoms with E-state index in [2.05, 4.69) is 118 Å². The summed E-state index contributed by atoms with van der Waals surface area (Å²) < 4.78 is 16.9. The Morgan fingerprint density at radius 1 is 0.269 bits per heavy atom. The van der Waals surface area contributed by atoms with Crippen molar-refractivity contribution in [3.63, 3.8) is 0 Å². The first-order valence-electron chi connectivity index (χ1n) is 33.2. The predicted octanol–water partition coefficient (Wildman–Crippen LogP) is 22.8. The summed E-state index contributed by atoms with van der Waals surface area (Å²) in [6.07, 6.45) is 88.6. The maximum Gasteiger partial charge on any atom is 0.306 e. The van der Waals surface area contributed by atoms with Crippen LogP contribution in [0.1, 0.15) is 323 Å². The molecule has 0 saturated carbocycles. The van der Waals surface area contributed by atoms with E-state index in [1.165, 1.54) is 154 Å². The Labute approximate surface area is 483 Å². The van der Waals surface area contributed by atoms with E-state index < -0.39 is 6.10 Å². The van der Waals surface area contributed by atoms with Gasteiger partial charge in [-0.25, -0.2) is 0 Å². The second-order valence-electron chi connectivity index (χ2n) is 22.0. The smallest absolute Gasteiger partial charge is 0.306 e. The van der Waals surface area contributed by atoms with Gasteiger partial charge in [0.25, 0.3) is 0 Å². The average molecular weight is 1090 g/mol. The monoisotopic (exact) mass is 1080 g/mol. The lowest BCUT2D eigenvalue weighted by atomic mass is 10.0. The molecule has 0 aliphatic heterocycles. The third kappa shape index (κ3) is 63.2. The zero-order valence-corrected chi connectivity index (χ0v) is 51.4. The van der Waals surface area contributed by atoms with Crippen LogP contribution < -0.4 is 0 Å². The highest BCUT2D eigenvalue weighted by Crippen LogP contribution is 2.17. The van der Waals surface area contributed by atoms with Gasteiger partial charge in [0.15, 0.2) is 6.10 Å². The molecule has 0 aromatic heterocycles. The number of rotatable bonds is 60. The van der Waals surface area contributed by atoms with Crippen LogP contribution in [0.5, 0.6) is 0 Å². The Morgan fingerprint density at radius 2 is 0.513 bits per heavy atom. The first-order valence-corrected chi connectivity index (χ1v) is 33.2. The van der Waals surface area contributed by atoms with Crippen LogP contribution in [0.2, 0.25) is 0 Å².